The molecule has 2 spiro atoms. The first-order valence-electron chi connectivity index (χ1n) is 6.27. The number of imide groups is 1. The maximum atomic E-state index is 12.5. The van der Waals surface area contributed by atoms with Gasteiger partial charge in [0.05, 0.1) is 0 Å². The Bertz CT molecular complexity index is 566. The first-order valence-corrected chi connectivity index (χ1v) is 6.27. The molecule has 5 aliphatic rings. The number of hydrogen-bond acceptors (Lipinski definition) is 6. The summed E-state index contributed by atoms with van der Waals surface area (Å²) in [5.74, 6) is -1.38. The average molecular weight is 295 g/mol. The second-order valence-electron chi connectivity index (χ2n) is 5.33. The second-order valence-corrected chi connectivity index (χ2v) is 5.33. The van der Waals surface area contributed by atoms with E-state index in [9.17, 15) is 19.2 Å². The van der Waals surface area contributed by atoms with E-state index in [0.717, 1.165) is 19.6 Å². The Balaban J connectivity index is 1.90. The minimum atomic E-state index is -1.71. The molecule has 11 nitrogen and oxygen atoms in total. The van der Waals surface area contributed by atoms with Crippen molar-refractivity contribution < 1.29 is 28.7 Å². The van der Waals surface area contributed by atoms with Crippen molar-refractivity contribution in [2.45, 2.75) is 11.3 Å². The molecule has 0 saturated carbocycles. The molecular weight excluding hydrogens is 286 g/mol. The highest BCUT2D eigenvalue weighted by Gasteiger charge is 2.90. The van der Waals surface area contributed by atoms with Crippen LogP contribution in [0.1, 0.15) is 0 Å². The predicted molar refractivity (Wildman–Crippen MR) is 58.4 cm³/mol. The van der Waals surface area contributed by atoms with Crippen LogP contribution >= 0.6 is 0 Å². The van der Waals surface area contributed by atoms with Crippen LogP contribution in [0.4, 0.5) is 9.59 Å². The molecule has 0 aromatic rings. The molecule has 0 radical (unpaired) electrons. The SMILES string of the molecule is O=C1N2COCN3C(=O)N4COCN1C41C(=O)NC(=O)C231. The molecule has 5 rings (SSSR count). The van der Waals surface area contributed by atoms with Crippen LogP contribution < -0.4 is 5.32 Å². The molecule has 21 heavy (non-hydrogen) atoms. The lowest BCUT2D eigenvalue weighted by atomic mass is 9.94. The third-order valence-electron chi connectivity index (χ3n) is 4.71. The molecule has 11 heteroatoms. The van der Waals surface area contributed by atoms with E-state index in [-0.39, 0.29) is 26.9 Å². The van der Waals surface area contributed by atoms with Crippen molar-refractivity contribution >= 4 is 23.9 Å². The smallest absolute Gasteiger partial charge is 0.328 e. The monoisotopic (exact) mass is 295 g/mol. The maximum Gasteiger partial charge on any atom is 0.328 e. The number of carbonyl (C=O) groups is 4. The van der Waals surface area contributed by atoms with E-state index >= 15 is 0 Å². The van der Waals surface area contributed by atoms with Gasteiger partial charge in [-0.05, 0) is 0 Å². The van der Waals surface area contributed by atoms with Gasteiger partial charge >= 0.3 is 12.1 Å². The highest BCUT2D eigenvalue weighted by molar-refractivity contribution is 6.22. The Morgan fingerprint density at radius 2 is 1.05 bits per heavy atom. The van der Waals surface area contributed by atoms with Crippen LogP contribution in [0.25, 0.3) is 0 Å². The van der Waals surface area contributed by atoms with Gasteiger partial charge in [0.2, 0.25) is 0 Å². The molecule has 6 amide bonds. The van der Waals surface area contributed by atoms with E-state index in [1.54, 1.807) is 0 Å². The molecule has 1 N–H and O–H groups in total. The number of amides is 6. The van der Waals surface area contributed by atoms with E-state index in [0.29, 0.717) is 0 Å². The Labute approximate surface area is 116 Å². The quantitative estimate of drug-likeness (QED) is 0.490. The molecule has 5 heterocycles. The van der Waals surface area contributed by atoms with Crippen molar-refractivity contribution in [3.63, 3.8) is 0 Å². The molecule has 5 fully saturated rings. The predicted octanol–water partition coefficient (Wildman–Crippen LogP) is -2.60. The molecule has 5 aliphatic heterocycles. The molecule has 0 aliphatic carbocycles. The lowest BCUT2D eigenvalue weighted by Crippen LogP contribution is -2.73. The van der Waals surface area contributed by atoms with Gasteiger partial charge in [-0.25, -0.2) is 9.59 Å². The fourth-order valence-corrected chi connectivity index (χ4v) is 4.01. The van der Waals surface area contributed by atoms with Gasteiger partial charge in [-0.3, -0.25) is 34.5 Å². The fourth-order valence-electron chi connectivity index (χ4n) is 4.01. The first-order chi connectivity index (χ1) is 10.1. The number of nitrogens with zero attached hydrogens (tertiary/aromatic N) is 4. The molecule has 0 unspecified atom stereocenters. The zero-order valence-corrected chi connectivity index (χ0v) is 10.6. The number of hydrogen-bond donors (Lipinski definition) is 1. The zero-order valence-electron chi connectivity index (χ0n) is 10.6. The summed E-state index contributed by atoms with van der Waals surface area (Å²) in [6.45, 7) is -0.685. The van der Waals surface area contributed by atoms with Gasteiger partial charge in [-0.2, -0.15) is 0 Å². The van der Waals surface area contributed by atoms with Crippen LogP contribution in [0.2, 0.25) is 0 Å². The van der Waals surface area contributed by atoms with Gasteiger partial charge in [0.15, 0.2) is 0 Å². The van der Waals surface area contributed by atoms with Crippen LogP contribution in [-0.2, 0) is 19.1 Å². The molecule has 0 atom stereocenters. The van der Waals surface area contributed by atoms with Gasteiger partial charge < -0.3 is 9.47 Å². The number of carbonyl (C=O) groups excluding carboxylic acids is 4. The van der Waals surface area contributed by atoms with E-state index in [1.807, 2.05) is 0 Å². The molecular formula is C10H9N5O6. The third-order valence-corrected chi connectivity index (χ3v) is 4.71. The summed E-state index contributed by atoms with van der Waals surface area (Å²) in [6, 6.07) is -1.14. The Kier molecular flexibility index (Phi) is 1.58. The average Bonchev–Trinajstić information content (AvgIpc) is 2.96. The first kappa shape index (κ1) is 11.3. The summed E-state index contributed by atoms with van der Waals surface area (Å²) in [7, 11) is 0. The van der Waals surface area contributed by atoms with Gasteiger partial charge in [0.1, 0.15) is 26.9 Å². The van der Waals surface area contributed by atoms with Gasteiger partial charge in [0, 0.05) is 0 Å². The second kappa shape index (κ2) is 2.94. The van der Waals surface area contributed by atoms with Crippen molar-refractivity contribution in [2.24, 2.45) is 0 Å². The number of rotatable bonds is 0. The third kappa shape index (κ3) is 0.770. The van der Waals surface area contributed by atoms with Crippen LogP contribution in [0.15, 0.2) is 0 Å². The lowest BCUT2D eigenvalue weighted by molar-refractivity contribution is -0.190. The standard InChI is InChI=1S/C10H9N5O6/c16-5-9-10(6(17)11-5)14-3-21-4-15(10)8(19)13(9)2-20-1-12(9)7(14)18/h1-4H2,(H,11,16,17). The Hall–Kier alpha value is -2.40. The van der Waals surface area contributed by atoms with Gasteiger partial charge in [0.25, 0.3) is 23.1 Å². The van der Waals surface area contributed by atoms with Crippen molar-refractivity contribution in [3.8, 4) is 0 Å². The van der Waals surface area contributed by atoms with Crippen LogP contribution in [0, 0.1) is 0 Å². The van der Waals surface area contributed by atoms with Crippen molar-refractivity contribution in [3.05, 3.63) is 0 Å². The summed E-state index contributed by atoms with van der Waals surface area (Å²) in [5.41, 5.74) is -3.42. The zero-order chi connectivity index (χ0) is 14.6. The molecule has 0 aromatic heterocycles. The molecule has 0 bridgehead atoms. The lowest BCUT2D eigenvalue weighted by Gasteiger charge is -2.43. The highest BCUT2D eigenvalue weighted by atomic mass is 16.5. The van der Waals surface area contributed by atoms with Crippen molar-refractivity contribution in [1.82, 2.24) is 24.9 Å². The topological polar surface area (TPSA) is 112 Å². The van der Waals surface area contributed by atoms with Gasteiger partial charge in [-0.1, -0.05) is 0 Å². The minimum Gasteiger partial charge on any atom is -0.340 e. The summed E-state index contributed by atoms with van der Waals surface area (Å²) in [4.78, 5) is 54.6. The van der Waals surface area contributed by atoms with Crippen molar-refractivity contribution in [1.29, 1.82) is 0 Å². The summed E-state index contributed by atoms with van der Waals surface area (Å²) in [6.07, 6.45) is 0. The van der Waals surface area contributed by atoms with Crippen LogP contribution in [0.3, 0.4) is 0 Å². The molecule has 5 saturated heterocycles. The van der Waals surface area contributed by atoms with E-state index in [1.165, 1.54) is 0 Å². The Morgan fingerprint density at radius 1 is 0.714 bits per heavy atom. The minimum absolute atomic E-state index is 0.171. The Morgan fingerprint density at radius 3 is 1.38 bits per heavy atom. The van der Waals surface area contributed by atoms with Crippen LogP contribution in [0.5, 0.6) is 0 Å². The largest absolute Gasteiger partial charge is 0.340 e. The summed E-state index contributed by atoms with van der Waals surface area (Å²) in [5, 5.41) is 2.24. The number of urea groups is 2. The molecule has 0 aromatic carbocycles. The number of ether oxygens (including phenoxy) is 2. The van der Waals surface area contributed by atoms with Crippen LogP contribution in [-0.4, -0.2) is 81.7 Å². The number of nitrogens with one attached hydrogen (secondary N) is 1. The van der Waals surface area contributed by atoms with Gasteiger partial charge in [-0.15, -0.1) is 0 Å². The van der Waals surface area contributed by atoms with E-state index < -0.39 is 35.2 Å². The van der Waals surface area contributed by atoms with E-state index in [2.05, 4.69) is 5.32 Å². The molecule has 110 valence electrons. The van der Waals surface area contributed by atoms with E-state index in [4.69, 9.17) is 9.47 Å². The normalized spacial score (nSPS) is 40.0. The summed E-state index contributed by atoms with van der Waals surface area (Å²) >= 11 is 0. The summed E-state index contributed by atoms with van der Waals surface area (Å²) < 4.78 is 10.5. The fraction of sp³-hybridized carbons (Fsp3) is 0.600. The maximum absolute atomic E-state index is 12.5. The highest BCUT2D eigenvalue weighted by Crippen LogP contribution is 2.56. The van der Waals surface area contributed by atoms with Crippen molar-refractivity contribution in [2.75, 3.05) is 26.9 Å².